The second kappa shape index (κ2) is 4.43. The first-order chi connectivity index (χ1) is 11.2. The first-order valence-corrected chi connectivity index (χ1v) is 6.58. The fourth-order valence-corrected chi connectivity index (χ4v) is 3.04. The molecule has 2 nitrogen and oxygen atoms in total. The summed E-state index contributed by atoms with van der Waals surface area (Å²) in [5.41, 5.74) is -9.95. The number of aromatic hydroxyl groups is 1. The van der Waals surface area contributed by atoms with Gasteiger partial charge >= 0.3 is 23.6 Å². The Bertz CT molecular complexity index is 787. The molecule has 0 spiro atoms. The molecule has 0 aromatic heterocycles. The Hall–Kier alpha value is -1.91. The number of halogens is 9. The molecule has 2 N–H and O–H groups in total. The van der Waals surface area contributed by atoms with Gasteiger partial charge < -0.3 is 10.2 Å². The first kappa shape index (κ1) is 17.9. The minimum Gasteiger partial charge on any atom is -0.508 e. The molecule has 0 aliphatic heterocycles. The highest BCUT2D eigenvalue weighted by Crippen LogP contribution is 2.70. The van der Waals surface area contributed by atoms with Crippen molar-refractivity contribution < 1.29 is 49.7 Å². The zero-order chi connectivity index (χ0) is 19.2. The Labute approximate surface area is 133 Å². The number of hydrogen-bond acceptors (Lipinski definition) is 2. The minimum absolute atomic E-state index is 0.137. The lowest BCUT2D eigenvalue weighted by Crippen LogP contribution is -2.78. The summed E-state index contributed by atoms with van der Waals surface area (Å²) in [5, 5.41) is 18.7. The zero-order valence-electron chi connectivity index (χ0n) is 11.7. The second-order valence-corrected chi connectivity index (χ2v) is 5.76. The molecule has 0 saturated heterocycles. The maximum atomic E-state index is 14.9. The Morgan fingerprint density at radius 2 is 1.40 bits per heavy atom. The van der Waals surface area contributed by atoms with Crippen LogP contribution in [0.25, 0.3) is 6.08 Å². The van der Waals surface area contributed by atoms with Crippen molar-refractivity contribution in [2.24, 2.45) is 0 Å². The van der Waals surface area contributed by atoms with Gasteiger partial charge in [0.2, 0.25) is 5.67 Å². The van der Waals surface area contributed by atoms with E-state index in [9.17, 15) is 49.7 Å². The molecule has 0 heterocycles. The standard InChI is InChI=1S/C14H7F9O2/c15-9-8-5(2-1-3-6(8)24)4-7-10(9,16)12(18,19)14(22,23)13(20,21)11(7,17)25/h1-4,9,24-25H. The van der Waals surface area contributed by atoms with Crippen LogP contribution in [0.15, 0.2) is 23.8 Å². The minimum atomic E-state index is -6.78. The zero-order valence-corrected chi connectivity index (χ0v) is 11.7. The average molecular weight is 378 g/mol. The van der Waals surface area contributed by atoms with E-state index in [1.807, 2.05) is 0 Å². The smallest absolute Gasteiger partial charge is 0.382 e. The number of alkyl halides is 9. The van der Waals surface area contributed by atoms with Crippen LogP contribution in [-0.4, -0.2) is 39.5 Å². The van der Waals surface area contributed by atoms with Crippen molar-refractivity contribution in [1.29, 1.82) is 0 Å². The van der Waals surface area contributed by atoms with Crippen LogP contribution in [0.1, 0.15) is 17.3 Å². The van der Waals surface area contributed by atoms with Gasteiger partial charge in [-0.1, -0.05) is 12.1 Å². The van der Waals surface area contributed by atoms with Crippen LogP contribution < -0.4 is 0 Å². The summed E-state index contributed by atoms with van der Waals surface area (Å²) >= 11 is 0. The number of fused-ring (bicyclic) bond motifs is 2. The van der Waals surface area contributed by atoms with E-state index in [-0.39, 0.29) is 6.08 Å². The van der Waals surface area contributed by atoms with Crippen LogP contribution in [0.2, 0.25) is 0 Å². The normalized spacial score (nSPS) is 37.7. The number of phenolic OH excluding ortho intramolecular Hbond substituents is 1. The molecule has 1 fully saturated rings. The molecule has 3 rings (SSSR count). The number of benzene rings is 1. The fourth-order valence-electron chi connectivity index (χ4n) is 3.04. The van der Waals surface area contributed by atoms with E-state index in [4.69, 9.17) is 0 Å². The third-order valence-corrected chi connectivity index (χ3v) is 4.43. The van der Waals surface area contributed by atoms with Crippen LogP contribution in [0.4, 0.5) is 39.5 Å². The highest BCUT2D eigenvalue weighted by atomic mass is 19.4. The highest BCUT2D eigenvalue weighted by molar-refractivity contribution is 5.70. The topological polar surface area (TPSA) is 40.5 Å². The monoisotopic (exact) mass is 378 g/mol. The van der Waals surface area contributed by atoms with E-state index in [2.05, 4.69) is 0 Å². The summed E-state index contributed by atoms with van der Waals surface area (Å²) in [6.45, 7) is 0. The van der Waals surface area contributed by atoms with E-state index < -0.39 is 57.9 Å². The van der Waals surface area contributed by atoms with Gasteiger partial charge in [0.05, 0.1) is 0 Å². The molecule has 0 amide bonds. The van der Waals surface area contributed by atoms with Crippen LogP contribution in [0, 0.1) is 0 Å². The van der Waals surface area contributed by atoms with Crippen molar-refractivity contribution in [3.05, 3.63) is 34.9 Å². The van der Waals surface area contributed by atoms with Crippen molar-refractivity contribution in [2.45, 2.75) is 35.5 Å². The van der Waals surface area contributed by atoms with Crippen LogP contribution >= 0.6 is 0 Å². The van der Waals surface area contributed by atoms with Gasteiger partial charge in [-0.3, -0.25) is 0 Å². The maximum Gasteiger partial charge on any atom is 0.382 e. The quantitative estimate of drug-likeness (QED) is 0.668. The first-order valence-electron chi connectivity index (χ1n) is 6.58. The van der Waals surface area contributed by atoms with Gasteiger partial charge in [-0.05, 0) is 17.7 Å². The molecule has 11 heteroatoms. The maximum absolute atomic E-state index is 14.9. The molecule has 3 atom stereocenters. The number of phenols is 1. The van der Waals surface area contributed by atoms with Crippen molar-refractivity contribution >= 4 is 6.08 Å². The molecule has 25 heavy (non-hydrogen) atoms. The van der Waals surface area contributed by atoms with Crippen LogP contribution in [0.3, 0.4) is 0 Å². The van der Waals surface area contributed by atoms with Crippen molar-refractivity contribution in [3.63, 3.8) is 0 Å². The van der Waals surface area contributed by atoms with Gasteiger partial charge in [-0.2, -0.15) is 30.7 Å². The summed E-state index contributed by atoms with van der Waals surface area (Å²) < 4.78 is 126. The molecular formula is C14H7F9O2. The average Bonchev–Trinajstić information content (AvgIpc) is 2.48. The van der Waals surface area contributed by atoms with Crippen molar-refractivity contribution in [1.82, 2.24) is 0 Å². The Balaban J connectivity index is 2.45. The predicted molar refractivity (Wildman–Crippen MR) is 64.7 cm³/mol. The van der Waals surface area contributed by atoms with E-state index >= 15 is 0 Å². The predicted octanol–water partition coefficient (Wildman–Crippen LogP) is 4.09. The van der Waals surface area contributed by atoms with Gasteiger partial charge in [0.25, 0.3) is 0 Å². The fraction of sp³-hybridized carbons (Fsp3) is 0.429. The van der Waals surface area contributed by atoms with Gasteiger partial charge in [0, 0.05) is 11.1 Å². The molecule has 138 valence electrons. The lowest BCUT2D eigenvalue weighted by molar-refractivity contribution is -0.421. The van der Waals surface area contributed by atoms with E-state index in [1.165, 1.54) is 0 Å². The highest BCUT2D eigenvalue weighted by Gasteiger charge is 2.93. The largest absolute Gasteiger partial charge is 0.508 e. The SMILES string of the molecule is Oc1cccc2c1C(F)C1(F)C(=C2)C(O)(F)C(F)(F)C(F)(F)C1(F)F. The third-order valence-electron chi connectivity index (χ3n) is 4.43. The summed E-state index contributed by atoms with van der Waals surface area (Å²) in [6.07, 6.45) is -4.00. The number of aliphatic hydroxyl groups is 1. The molecular weight excluding hydrogens is 371 g/mol. The summed E-state index contributed by atoms with van der Waals surface area (Å²) in [5.74, 6) is -26.4. The number of hydrogen-bond donors (Lipinski definition) is 2. The Kier molecular flexibility index (Phi) is 3.17. The Morgan fingerprint density at radius 1 is 0.840 bits per heavy atom. The summed E-state index contributed by atoms with van der Waals surface area (Å²) in [6, 6.07) is 2.45. The second-order valence-electron chi connectivity index (χ2n) is 5.76. The molecule has 1 aromatic rings. The van der Waals surface area contributed by atoms with Gasteiger partial charge in [-0.15, -0.1) is 0 Å². The molecule has 3 unspecified atom stereocenters. The molecule has 2 aliphatic carbocycles. The van der Waals surface area contributed by atoms with Crippen LogP contribution in [-0.2, 0) is 0 Å². The summed E-state index contributed by atoms with van der Waals surface area (Å²) in [7, 11) is 0. The molecule has 0 radical (unpaired) electrons. The summed E-state index contributed by atoms with van der Waals surface area (Å²) in [4.78, 5) is 0. The van der Waals surface area contributed by atoms with E-state index in [0.717, 1.165) is 12.1 Å². The van der Waals surface area contributed by atoms with Crippen molar-refractivity contribution in [3.8, 4) is 5.75 Å². The molecule has 1 saturated carbocycles. The van der Waals surface area contributed by atoms with Gasteiger partial charge in [0.15, 0.2) is 6.17 Å². The lowest BCUT2D eigenvalue weighted by atomic mass is 9.64. The van der Waals surface area contributed by atoms with Gasteiger partial charge in [0.1, 0.15) is 5.75 Å². The molecule has 1 aromatic carbocycles. The molecule has 2 aliphatic rings. The number of rotatable bonds is 0. The van der Waals surface area contributed by atoms with Crippen LogP contribution in [0.5, 0.6) is 5.75 Å². The van der Waals surface area contributed by atoms with Gasteiger partial charge in [-0.25, -0.2) is 8.78 Å². The third kappa shape index (κ3) is 1.62. The van der Waals surface area contributed by atoms with E-state index in [1.54, 1.807) is 0 Å². The Morgan fingerprint density at radius 3 is 1.96 bits per heavy atom. The molecule has 0 bridgehead atoms. The van der Waals surface area contributed by atoms with Crippen molar-refractivity contribution in [2.75, 3.05) is 0 Å². The van der Waals surface area contributed by atoms with E-state index in [0.29, 0.717) is 6.07 Å². The lowest BCUT2D eigenvalue weighted by Gasteiger charge is -2.53.